The van der Waals surface area contributed by atoms with E-state index in [0.29, 0.717) is 11.7 Å². The molecule has 0 amide bonds. The summed E-state index contributed by atoms with van der Waals surface area (Å²) in [5.41, 5.74) is 5.05. The molecule has 0 radical (unpaired) electrons. The third kappa shape index (κ3) is 3.08. The molecule has 1 fully saturated rings. The van der Waals surface area contributed by atoms with Crippen LogP contribution in [-0.2, 0) is 0 Å². The number of rotatable bonds is 5. The van der Waals surface area contributed by atoms with Crippen molar-refractivity contribution < 1.29 is 5.11 Å². The molecule has 2 aromatic rings. The normalized spacial score (nSPS) is 18.8. The Kier molecular flexibility index (Phi) is 4.33. The number of phenolic OH excluding ortho intramolecular Hbond substituents is 1. The van der Waals surface area contributed by atoms with Crippen LogP contribution >= 0.6 is 0 Å². The van der Waals surface area contributed by atoms with E-state index in [9.17, 15) is 5.11 Å². The molecule has 1 unspecified atom stereocenters. The Balaban J connectivity index is 1.74. The lowest BCUT2D eigenvalue weighted by atomic mass is 9.75. The molecule has 0 saturated heterocycles. The first-order valence-corrected chi connectivity index (χ1v) is 7.85. The zero-order chi connectivity index (χ0) is 15.4. The van der Waals surface area contributed by atoms with Crippen LogP contribution in [0.2, 0.25) is 0 Å². The summed E-state index contributed by atoms with van der Waals surface area (Å²) in [6.07, 6.45) is 4.45. The predicted molar refractivity (Wildman–Crippen MR) is 92.4 cm³/mol. The molecule has 3 nitrogen and oxygen atoms in total. The van der Waals surface area contributed by atoms with Gasteiger partial charge in [-0.25, -0.2) is 0 Å². The Hall–Kier alpha value is -2.42. The van der Waals surface area contributed by atoms with Gasteiger partial charge in [0.2, 0.25) is 0 Å². The van der Waals surface area contributed by atoms with Crippen molar-refractivity contribution in [2.75, 3.05) is 17.2 Å². The first-order valence-electron chi connectivity index (χ1n) is 7.85. The number of hydrogen-bond acceptors (Lipinski definition) is 3. The first-order chi connectivity index (χ1) is 10.8. The predicted octanol–water partition coefficient (Wildman–Crippen LogP) is 4.70. The molecule has 0 aromatic heterocycles. The van der Waals surface area contributed by atoms with Crippen molar-refractivity contribution in [3.63, 3.8) is 0 Å². The van der Waals surface area contributed by atoms with Gasteiger partial charge in [0, 0.05) is 30.0 Å². The average Bonchev–Trinajstić information content (AvgIpc) is 2.50. The van der Waals surface area contributed by atoms with Gasteiger partial charge in [-0.2, -0.15) is 0 Å². The lowest BCUT2D eigenvalue weighted by Crippen LogP contribution is -2.16. The van der Waals surface area contributed by atoms with Crippen molar-refractivity contribution in [3.05, 3.63) is 65.9 Å². The van der Waals surface area contributed by atoms with E-state index >= 15 is 0 Å². The number of anilines is 2. The minimum atomic E-state index is 0.291. The van der Waals surface area contributed by atoms with Gasteiger partial charge in [0.25, 0.3) is 0 Å². The summed E-state index contributed by atoms with van der Waals surface area (Å²) in [5.74, 6) is 0.791. The quantitative estimate of drug-likeness (QED) is 0.700. The summed E-state index contributed by atoms with van der Waals surface area (Å²) in [6, 6.07) is 15.7. The maximum absolute atomic E-state index is 9.31. The second kappa shape index (κ2) is 6.56. The average molecular weight is 294 g/mol. The molecule has 114 valence electrons. The Labute approximate surface area is 131 Å². The Bertz CT molecular complexity index is 661. The molecule has 1 atom stereocenters. The molecule has 22 heavy (non-hydrogen) atoms. The molecule has 1 aliphatic rings. The van der Waals surface area contributed by atoms with Crippen molar-refractivity contribution in [1.82, 2.24) is 0 Å². The third-order valence-corrected chi connectivity index (χ3v) is 4.16. The molecule has 1 aliphatic carbocycles. The van der Waals surface area contributed by atoms with Crippen LogP contribution in [0.25, 0.3) is 0 Å². The van der Waals surface area contributed by atoms with Crippen LogP contribution in [0.4, 0.5) is 11.4 Å². The van der Waals surface area contributed by atoms with Crippen LogP contribution < -0.4 is 10.6 Å². The van der Waals surface area contributed by atoms with Crippen molar-refractivity contribution in [2.45, 2.75) is 25.7 Å². The van der Waals surface area contributed by atoms with E-state index in [4.69, 9.17) is 0 Å². The van der Waals surface area contributed by atoms with Crippen LogP contribution in [-0.4, -0.2) is 11.7 Å². The summed E-state index contributed by atoms with van der Waals surface area (Å²) < 4.78 is 0. The third-order valence-electron chi connectivity index (χ3n) is 4.16. The molecule has 3 N–H and O–H groups in total. The highest BCUT2D eigenvalue weighted by Gasteiger charge is 2.27. The number of phenols is 1. The van der Waals surface area contributed by atoms with Crippen molar-refractivity contribution >= 4 is 11.4 Å². The van der Waals surface area contributed by atoms with Gasteiger partial charge >= 0.3 is 0 Å². The molecule has 0 spiro atoms. The standard InChI is InChI=1S/C19H22N2O/c1-2-20-19-6-4-3-5-18(19)17-12-7-14(17)13-21-15-8-10-16(22)11-9-15/h3-6,8-11,13,17,20-22H,2,7,12H2,1H3. The van der Waals surface area contributed by atoms with E-state index < -0.39 is 0 Å². The fourth-order valence-electron chi connectivity index (χ4n) is 2.87. The monoisotopic (exact) mass is 294 g/mol. The molecule has 1 saturated carbocycles. The van der Waals surface area contributed by atoms with Crippen LogP contribution in [0, 0.1) is 0 Å². The largest absolute Gasteiger partial charge is 0.508 e. The molecule has 0 bridgehead atoms. The van der Waals surface area contributed by atoms with E-state index in [0.717, 1.165) is 18.7 Å². The maximum Gasteiger partial charge on any atom is 0.115 e. The topological polar surface area (TPSA) is 44.3 Å². The van der Waals surface area contributed by atoms with E-state index in [-0.39, 0.29) is 0 Å². The number of para-hydroxylation sites is 1. The van der Waals surface area contributed by atoms with Crippen LogP contribution in [0.15, 0.2) is 60.3 Å². The first kappa shape index (κ1) is 14.5. The molecule has 2 aromatic carbocycles. The highest BCUT2D eigenvalue weighted by molar-refractivity contribution is 5.57. The fourth-order valence-corrected chi connectivity index (χ4v) is 2.87. The zero-order valence-corrected chi connectivity index (χ0v) is 12.8. The van der Waals surface area contributed by atoms with Gasteiger partial charge in [0.1, 0.15) is 5.75 Å². The van der Waals surface area contributed by atoms with Crippen LogP contribution in [0.5, 0.6) is 5.75 Å². The Morgan fingerprint density at radius 3 is 2.59 bits per heavy atom. The number of allylic oxidation sites excluding steroid dienone is 1. The Morgan fingerprint density at radius 1 is 1.14 bits per heavy atom. The summed E-state index contributed by atoms with van der Waals surface area (Å²) in [4.78, 5) is 0. The molecular formula is C19H22N2O. The fraction of sp³-hybridized carbons (Fsp3) is 0.263. The molecule has 0 heterocycles. The van der Waals surface area contributed by atoms with Gasteiger partial charge < -0.3 is 15.7 Å². The van der Waals surface area contributed by atoms with Gasteiger partial charge in [0.05, 0.1) is 0 Å². The minimum Gasteiger partial charge on any atom is -0.508 e. The van der Waals surface area contributed by atoms with Gasteiger partial charge in [-0.1, -0.05) is 18.2 Å². The van der Waals surface area contributed by atoms with Crippen molar-refractivity contribution in [1.29, 1.82) is 0 Å². The van der Waals surface area contributed by atoms with E-state index in [1.807, 2.05) is 12.1 Å². The smallest absolute Gasteiger partial charge is 0.115 e. The van der Waals surface area contributed by atoms with Crippen LogP contribution in [0.1, 0.15) is 31.2 Å². The molecule has 3 rings (SSSR count). The maximum atomic E-state index is 9.31. The SMILES string of the molecule is CCNc1ccccc1C1CCC1=CNc1ccc(O)cc1. The lowest BCUT2D eigenvalue weighted by Gasteiger charge is -2.32. The number of nitrogens with one attached hydrogen (secondary N) is 2. The van der Waals surface area contributed by atoms with E-state index in [1.54, 1.807) is 12.1 Å². The minimum absolute atomic E-state index is 0.291. The molecular weight excluding hydrogens is 272 g/mol. The highest BCUT2D eigenvalue weighted by Crippen LogP contribution is 2.44. The van der Waals surface area contributed by atoms with E-state index in [2.05, 4.69) is 48.0 Å². The molecule has 0 aliphatic heterocycles. The van der Waals surface area contributed by atoms with Gasteiger partial charge in [-0.05, 0) is 61.2 Å². The number of hydrogen-bond donors (Lipinski definition) is 3. The molecule has 3 heteroatoms. The Morgan fingerprint density at radius 2 is 1.91 bits per heavy atom. The lowest BCUT2D eigenvalue weighted by molar-refractivity contribution is 0.475. The zero-order valence-electron chi connectivity index (χ0n) is 12.8. The van der Waals surface area contributed by atoms with Crippen molar-refractivity contribution in [3.8, 4) is 5.75 Å². The summed E-state index contributed by atoms with van der Waals surface area (Å²) in [5, 5.41) is 16.1. The highest BCUT2D eigenvalue weighted by atomic mass is 16.3. The van der Waals surface area contributed by atoms with E-state index in [1.165, 1.54) is 23.2 Å². The summed E-state index contributed by atoms with van der Waals surface area (Å²) in [7, 11) is 0. The van der Waals surface area contributed by atoms with Crippen LogP contribution in [0.3, 0.4) is 0 Å². The van der Waals surface area contributed by atoms with Gasteiger partial charge in [0.15, 0.2) is 0 Å². The summed E-state index contributed by atoms with van der Waals surface area (Å²) in [6.45, 7) is 3.06. The number of benzene rings is 2. The second-order valence-corrected chi connectivity index (χ2v) is 5.62. The van der Waals surface area contributed by atoms with Gasteiger partial charge in [-0.15, -0.1) is 0 Å². The second-order valence-electron chi connectivity index (χ2n) is 5.62. The van der Waals surface area contributed by atoms with Gasteiger partial charge in [-0.3, -0.25) is 0 Å². The number of aromatic hydroxyl groups is 1. The van der Waals surface area contributed by atoms with Crippen molar-refractivity contribution in [2.24, 2.45) is 0 Å². The summed E-state index contributed by atoms with van der Waals surface area (Å²) >= 11 is 0.